The Labute approximate surface area is 269 Å². The summed E-state index contributed by atoms with van der Waals surface area (Å²) in [5, 5.41) is 5.39. The van der Waals surface area contributed by atoms with Crippen molar-refractivity contribution in [1.82, 2.24) is 20.3 Å². The monoisotopic (exact) mass is 682 g/mol. The van der Waals surface area contributed by atoms with Gasteiger partial charge in [-0.2, -0.15) is 0 Å². The number of thiazole rings is 1. The standard InChI is InChI=1S/C27H46N10O5S2Si/c1-45(2,3)16-8-15-44(41,42)37-20(11-7-14-33-27(30)31)24(40)34-17-22(38)35-19(10-6-13-32-26(28)29)23(39)25-36-18-9-4-5-12-21(18)43-25/h4-5,9,12,19-20,37H,6-8,10-11,13-17H2,1-3H3,(H,34,40)(H,35,38)(H4,28,29,32)(H4,30,31,33)/t19-,20+/m0/s1. The molecule has 1 aromatic carbocycles. The van der Waals surface area contributed by atoms with Crippen LogP contribution in [0.1, 0.15) is 41.9 Å². The predicted molar refractivity (Wildman–Crippen MR) is 182 cm³/mol. The molecule has 15 nitrogen and oxygen atoms in total. The van der Waals surface area contributed by atoms with Crippen molar-refractivity contribution in [3.8, 4) is 0 Å². The Kier molecular flexibility index (Phi) is 14.8. The molecular formula is C27H46N10O5S2Si. The van der Waals surface area contributed by atoms with Gasteiger partial charge in [0.1, 0.15) is 6.04 Å². The maximum absolute atomic E-state index is 13.4. The highest BCUT2D eigenvalue weighted by molar-refractivity contribution is 7.89. The molecule has 0 radical (unpaired) electrons. The number of ketones is 1. The van der Waals surface area contributed by atoms with E-state index in [-0.39, 0.29) is 54.4 Å². The number of hydrogen-bond acceptors (Lipinski definition) is 9. The lowest BCUT2D eigenvalue weighted by Crippen LogP contribution is -2.51. The molecule has 0 bridgehead atoms. The van der Waals surface area contributed by atoms with E-state index in [2.05, 4.69) is 50.0 Å². The zero-order valence-corrected chi connectivity index (χ0v) is 28.7. The smallest absolute Gasteiger partial charge is 0.239 e. The summed E-state index contributed by atoms with van der Waals surface area (Å²) in [6.07, 6.45) is 1.50. The van der Waals surface area contributed by atoms with E-state index in [0.29, 0.717) is 24.8 Å². The van der Waals surface area contributed by atoms with Gasteiger partial charge in [0.2, 0.25) is 27.6 Å². The number of nitrogens with zero attached hydrogens (tertiary/aromatic N) is 3. The van der Waals surface area contributed by atoms with Crippen LogP contribution < -0.4 is 38.3 Å². The molecule has 0 saturated carbocycles. The van der Waals surface area contributed by atoms with Gasteiger partial charge in [-0.25, -0.2) is 18.1 Å². The van der Waals surface area contributed by atoms with E-state index in [1.54, 1.807) is 6.07 Å². The number of nitrogens with two attached hydrogens (primary N) is 4. The van der Waals surface area contributed by atoms with E-state index >= 15 is 0 Å². The number of carbonyl (C=O) groups is 3. The van der Waals surface area contributed by atoms with Crippen LogP contribution in [0.2, 0.25) is 25.7 Å². The second kappa shape index (κ2) is 17.8. The fourth-order valence-corrected chi connectivity index (χ4v) is 8.00. The highest BCUT2D eigenvalue weighted by Crippen LogP contribution is 2.23. The Hall–Kier alpha value is -3.61. The first-order chi connectivity index (χ1) is 21.1. The minimum absolute atomic E-state index is 0.0877. The fraction of sp³-hybridized carbons (Fsp3) is 0.556. The quantitative estimate of drug-likeness (QED) is 0.0328. The summed E-state index contributed by atoms with van der Waals surface area (Å²) in [6, 6.07) is 6.01. The normalized spacial score (nSPS) is 13.0. The third kappa shape index (κ3) is 14.8. The van der Waals surface area contributed by atoms with Crippen molar-refractivity contribution in [1.29, 1.82) is 0 Å². The molecule has 2 aromatic rings. The number of sulfonamides is 1. The van der Waals surface area contributed by atoms with Crippen molar-refractivity contribution in [2.75, 3.05) is 25.4 Å². The van der Waals surface area contributed by atoms with Gasteiger partial charge >= 0.3 is 0 Å². The van der Waals surface area contributed by atoms with Gasteiger partial charge < -0.3 is 33.6 Å². The van der Waals surface area contributed by atoms with Crippen LogP contribution in [-0.2, 0) is 19.6 Å². The fourth-order valence-electron chi connectivity index (χ4n) is 4.25. The molecule has 45 heavy (non-hydrogen) atoms. The third-order valence-corrected chi connectivity index (χ3v) is 10.8. The molecule has 1 aromatic heterocycles. The number of fused-ring (bicyclic) bond motifs is 1. The molecule has 0 aliphatic carbocycles. The van der Waals surface area contributed by atoms with E-state index in [0.717, 1.165) is 10.7 Å². The summed E-state index contributed by atoms with van der Waals surface area (Å²) in [4.78, 5) is 51.6. The maximum atomic E-state index is 13.4. The lowest BCUT2D eigenvalue weighted by atomic mass is 10.1. The molecule has 0 aliphatic rings. The van der Waals surface area contributed by atoms with Gasteiger partial charge in [0.05, 0.1) is 28.6 Å². The van der Waals surface area contributed by atoms with Crippen LogP contribution in [0.25, 0.3) is 10.2 Å². The van der Waals surface area contributed by atoms with Gasteiger partial charge in [-0.15, -0.1) is 11.3 Å². The molecule has 0 aliphatic heterocycles. The van der Waals surface area contributed by atoms with E-state index in [9.17, 15) is 22.8 Å². The Bertz CT molecular complexity index is 1430. The zero-order chi connectivity index (χ0) is 33.6. The van der Waals surface area contributed by atoms with E-state index in [1.165, 1.54) is 11.3 Å². The molecule has 0 spiro atoms. The average Bonchev–Trinajstić information content (AvgIpc) is 3.38. The summed E-state index contributed by atoms with van der Waals surface area (Å²) in [6.45, 7) is 6.41. The number of rotatable bonds is 20. The second-order valence-corrected chi connectivity index (χ2v) is 20.3. The zero-order valence-electron chi connectivity index (χ0n) is 26.0. The topological polar surface area (TPSA) is 263 Å². The lowest BCUT2D eigenvalue weighted by molar-refractivity contribution is -0.127. The lowest BCUT2D eigenvalue weighted by Gasteiger charge is -2.20. The largest absolute Gasteiger partial charge is 0.370 e. The molecule has 0 saturated heterocycles. The SMILES string of the molecule is C[Si](C)(C)CCCS(=O)(=O)N[C@H](CCCN=C(N)N)C(=O)NCC(=O)N[C@@H](CCCN=C(N)N)C(=O)c1nc2ccccc2s1. The average molecular weight is 683 g/mol. The van der Waals surface area contributed by atoms with Gasteiger partial charge in [-0.1, -0.05) is 37.8 Å². The van der Waals surface area contributed by atoms with Crippen LogP contribution in [-0.4, -0.2) is 88.5 Å². The number of guanidine groups is 2. The molecule has 2 atom stereocenters. The molecule has 18 heteroatoms. The first kappa shape index (κ1) is 37.6. The molecule has 2 rings (SSSR count). The molecule has 1 heterocycles. The number of amides is 2. The number of Topliss-reactive ketones (excluding diaryl/α,β-unsaturated/α-hetero) is 1. The summed E-state index contributed by atoms with van der Waals surface area (Å²) in [5.74, 6) is -2.04. The van der Waals surface area contributed by atoms with Crippen LogP contribution in [0.3, 0.4) is 0 Å². The Balaban J connectivity index is 2.09. The molecule has 2 amide bonds. The third-order valence-electron chi connectivity index (χ3n) is 6.45. The Morgan fingerprint density at radius 2 is 1.53 bits per heavy atom. The summed E-state index contributed by atoms with van der Waals surface area (Å²) in [7, 11) is -5.23. The van der Waals surface area contributed by atoms with Gasteiger partial charge in [0.25, 0.3) is 0 Å². The number of para-hydroxylation sites is 1. The number of benzene rings is 1. The number of carbonyl (C=O) groups excluding carboxylic acids is 3. The van der Waals surface area contributed by atoms with Crippen LogP contribution in [0, 0.1) is 0 Å². The van der Waals surface area contributed by atoms with Crippen LogP contribution >= 0.6 is 11.3 Å². The molecule has 0 unspecified atom stereocenters. The van der Waals surface area contributed by atoms with Crippen molar-refractivity contribution in [3.63, 3.8) is 0 Å². The Morgan fingerprint density at radius 3 is 2.11 bits per heavy atom. The van der Waals surface area contributed by atoms with Gasteiger partial charge in [-0.05, 0) is 44.2 Å². The van der Waals surface area contributed by atoms with Crippen molar-refractivity contribution in [2.24, 2.45) is 32.9 Å². The van der Waals surface area contributed by atoms with Crippen molar-refractivity contribution in [2.45, 2.75) is 69.9 Å². The number of aliphatic imine (C=N–C) groups is 2. The highest BCUT2D eigenvalue weighted by atomic mass is 32.2. The molecule has 0 fully saturated rings. The number of hydrogen-bond donors (Lipinski definition) is 7. The highest BCUT2D eigenvalue weighted by Gasteiger charge is 2.27. The van der Waals surface area contributed by atoms with Crippen LogP contribution in [0.15, 0.2) is 34.3 Å². The molecule has 250 valence electrons. The first-order valence-electron chi connectivity index (χ1n) is 14.6. The number of aromatic nitrogens is 1. The van der Waals surface area contributed by atoms with Gasteiger partial charge in [-0.3, -0.25) is 24.4 Å². The van der Waals surface area contributed by atoms with E-state index in [4.69, 9.17) is 22.9 Å². The van der Waals surface area contributed by atoms with Crippen LogP contribution in [0.5, 0.6) is 0 Å². The van der Waals surface area contributed by atoms with Crippen LogP contribution in [0.4, 0.5) is 0 Å². The predicted octanol–water partition coefficient (Wildman–Crippen LogP) is 0.204. The first-order valence-corrected chi connectivity index (χ1v) is 20.8. The summed E-state index contributed by atoms with van der Waals surface area (Å²) < 4.78 is 28.9. The van der Waals surface area contributed by atoms with Gasteiger partial charge in [0.15, 0.2) is 16.9 Å². The van der Waals surface area contributed by atoms with E-state index < -0.39 is 48.5 Å². The second-order valence-electron chi connectivity index (χ2n) is 11.7. The summed E-state index contributed by atoms with van der Waals surface area (Å²) >= 11 is 1.21. The molecular weight excluding hydrogens is 637 g/mol. The minimum atomic E-state index is -3.78. The van der Waals surface area contributed by atoms with Crippen molar-refractivity contribution in [3.05, 3.63) is 29.3 Å². The number of nitrogens with one attached hydrogen (secondary N) is 3. The molecule has 11 N–H and O–H groups in total. The van der Waals surface area contributed by atoms with Gasteiger partial charge in [0, 0.05) is 21.2 Å². The minimum Gasteiger partial charge on any atom is -0.370 e. The maximum Gasteiger partial charge on any atom is 0.239 e. The van der Waals surface area contributed by atoms with E-state index in [1.807, 2.05) is 18.2 Å². The summed E-state index contributed by atoms with van der Waals surface area (Å²) in [5.41, 5.74) is 22.2. The van der Waals surface area contributed by atoms with Crippen molar-refractivity contribution >= 4 is 69.2 Å². The Morgan fingerprint density at radius 1 is 0.933 bits per heavy atom. The van der Waals surface area contributed by atoms with Crippen molar-refractivity contribution < 1.29 is 22.8 Å².